The van der Waals surface area contributed by atoms with Crippen LogP contribution >= 0.6 is 0 Å². The summed E-state index contributed by atoms with van der Waals surface area (Å²) >= 11 is 0. The minimum atomic E-state index is -1.05. The fourth-order valence-electron chi connectivity index (χ4n) is 4.07. The molecule has 2 aromatic carbocycles. The molecule has 0 saturated heterocycles. The molecule has 2 rings (SSSR count). The lowest BCUT2D eigenvalue weighted by Gasteiger charge is -2.27. The molecule has 0 aliphatic rings. The summed E-state index contributed by atoms with van der Waals surface area (Å²) in [6.45, 7) is 9.12. The van der Waals surface area contributed by atoms with Crippen molar-refractivity contribution in [2.75, 3.05) is 6.61 Å². The summed E-state index contributed by atoms with van der Waals surface area (Å²) < 4.78 is 14.2. The first-order valence-corrected chi connectivity index (χ1v) is 10.9. The third-order valence-corrected chi connectivity index (χ3v) is 6.15. The molecule has 0 spiro atoms. The first kappa shape index (κ1) is 25.2. The van der Waals surface area contributed by atoms with Crippen molar-refractivity contribution in [2.45, 2.75) is 77.9 Å². The van der Waals surface area contributed by atoms with Crippen LogP contribution in [-0.4, -0.2) is 28.6 Å². The lowest BCUT2D eigenvalue weighted by molar-refractivity contribution is -0.118. The number of rotatable bonds is 10. The number of carbonyl (C=O) groups is 1. The summed E-state index contributed by atoms with van der Waals surface area (Å²) in [4.78, 5) is 12.6. The number of Topliss-reactive ketones (excluding diaryl/α,β-unsaturated/α-hetero) is 1. The van der Waals surface area contributed by atoms with E-state index < -0.39 is 11.6 Å². The van der Waals surface area contributed by atoms with E-state index in [1.54, 1.807) is 19.9 Å². The monoisotopic (exact) mass is 429 g/mol. The molecule has 0 aliphatic carbocycles. The van der Waals surface area contributed by atoms with Crippen molar-refractivity contribution in [3.05, 3.63) is 69.5 Å². The third-order valence-electron chi connectivity index (χ3n) is 6.15. The zero-order valence-corrected chi connectivity index (χ0v) is 19.3. The quantitative estimate of drug-likeness (QED) is 0.528. The van der Waals surface area contributed by atoms with Gasteiger partial charge >= 0.3 is 0 Å². The van der Waals surface area contributed by atoms with Crippen LogP contribution in [0.25, 0.3) is 0 Å². The Morgan fingerprint density at radius 2 is 1.84 bits per heavy atom. The molecule has 0 saturated carbocycles. The van der Waals surface area contributed by atoms with Gasteiger partial charge in [0, 0.05) is 18.9 Å². The van der Waals surface area contributed by atoms with Gasteiger partial charge < -0.3 is 15.9 Å². The van der Waals surface area contributed by atoms with Crippen molar-refractivity contribution in [3.63, 3.8) is 0 Å². The van der Waals surface area contributed by atoms with Gasteiger partial charge in [-0.1, -0.05) is 31.2 Å². The summed E-state index contributed by atoms with van der Waals surface area (Å²) in [6.07, 6.45) is 1.49. The smallest absolute Gasteiger partial charge is 0.137 e. The summed E-state index contributed by atoms with van der Waals surface area (Å²) in [6, 6.07) is 8.50. The zero-order chi connectivity index (χ0) is 23.3. The normalized spacial score (nSPS) is 13.8. The molecule has 4 N–H and O–H groups in total. The Morgan fingerprint density at radius 3 is 2.45 bits per heavy atom. The van der Waals surface area contributed by atoms with Crippen LogP contribution in [0.3, 0.4) is 0 Å². The third kappa shape index (κ3) is 6.45. The Balaban J connectivity index is 2.19. The van der Waals surface area contributed by atoms with Crippen molar-refractivity contribution in [2.24, 2.45) is 5.73 Å². The van der Waals surface area contributed by atoms with E-state index in [1.807, 2.05) is 39.0 Å². The predicted molar refractivity (Wildman–Crippen MR) is 123 cm³/mol. The highest BCUT2D eigenvalue weighted by molar-refractivity contribution is 5.81. The number of halogens is 1. The van der Waals surface area contributed by atoms with Gasteiger partial charge in [0.2, 0.25) is 0 Å². The van der Waals surface area contributed by atoms with Gasteiger partial charge in [-0.25, -0.2) is 4.39 Å². The Kier molecular flexibility index (Phi) is 8.52. The molecule has 31 heavy (non-hydrogen) atoms. The van der Waals surface area contributed by atoms with E-state index in [-0.39, 0.29) is 30.5 Å². The molecule has 170 valence electrons. The number of aryl methyl sites for hydroxylation is 1. The predicted octanol–water partition coefficient (Wildman–Crippen LogP) is 4.23. The Bertz CT molecular complexity index is 918. The zero-order valence-electron chi connectivity index (χ0n) is 19.3. The van der Waals surface area contributed by atoms with Gasteiger partial charge in [0.25, 0.3) is 0 Å². The highest BCUT2D eigenvalue weighted by Gasteiger charge is 2.25. The average Bonchev–Trinajstić information content (AvgIpc) is 2.71. The number of ketones is 1. The fraction of sp³-hybridized carbons (Fsp3) is 0.500. The number of hydrogen-bond donors (Lipinski definition) is 3. The Hall–Kier alpha value is -2.08. The molecular formula is C26H36FNO3. The molecule has 0 heterocycles. The maximum Gasteiger partial charge on any atom is 0.137 e. The van der Waals surface area contributed by atoms with Gasteiger partial charge in [0.1, 0.15) is 11.6 Å². The summed E-state index contributed by atoms with van der Waals surface area (Å²) in [7, 11) is 0. The number of aliphatic hydroxyl groups is 2. The van der Waals surface area contributed by atoms with E-state index in [2.05, 4.69) is 0 Å². The van der Waals surface area contributed by atoms with Crippen LogP contribution in [0.2, 0.25) is 0 Å². The summed E-state index contributed by atoms with van der Waals surface area (Å²) in [5.74, 6) is -0.273. The SMILES string of the molecule is Cc1ccc(F)c(CC(=O)CC[C@@H](C)c2cccc(C(C)(C)O)c2C[C@@H](N)CO)c1C. The topological polar surface area (TPSA) is 83.5 Å². The van der Waals surface area contributed by atoms with Crippen molar-refractivity contribution in [1.82, 2.24) is 0 Å². The Labute approximate surface area is 185 Å². The van der Waals surface area contributed by atoms with Crippen molar-refractivity contribution in [1.29, 1.82) is 0 Å². The first-order chi connectivity index (χ1) is 14.5. The standard InChI is InChI=1S/C26H36FNO3/c1-16-10-12-25(27)22(18(16)3)14-20(30)11-9-17(2)21-7-6-8-24(26(4,5)31)23(21)13-19(28)15-29/h6-8,10,12,17,19,29,31H,9,11,13-15,28H2,1-5H3/t17-,19-/m1/s1. The van der Waals surface area contributed by atoms with Crippen LogP contribution < -0.4 is 5.73 Å². The van der Waals surface area contributed by atoms with E-state index in [1.165, 1.54) is 6.07 Å². The molecule has 4 nitrogen and oxygen atoms in total. The molecule has 0 aliphatic heterocycles. The van der Waals surface area contributed by atoms with E-state index in [0.717, 1.165) is 27.8 Å². The second-order valence-corrected chi connectivity index (χ2v) is 9.20. The van der Waals surface area contributed by atoms with Gasteiger partial charge in [-0.2, -0.15) is 0 Å². The second kappa shape index (κ2) is 10.5. The molecule has 5 heteroatoms. The number of aliphatic hydroxyl groups excluding tert-OH is 1. The van der Waals surface area contributed by atoms with Gasteiger partial charge in [0.05, 0.1) is 12.2 Å². The Morgan fingerprint density at radius 1 is 1.16 bits per heavy atom. The van der Waals surface area contributed by atoms with Crippen LogP contribution in [0.15, 0.2) is 30.3 Å². The van der Waals surface area contributed by atoms with Crippen molar-refractivity contribution >= 4 is 5.78 Å². The number of benzene rings is 2. The van der Waals surface area contributed by atoms with Gasteiger partial charge in [-0.05, 0) is 85.9 Å². The van der Waals surface area contributed by atoms with E-state index >= 15 is 0 Å². The highest BCUT2D eigenvalue weighted by atomic mass is 19.1. The molecule has 0 amide bonds. The van der Waals surface area contributed by atoms with Crippen LogP contribution in [-0.2, 0) is 23.2 Å². The van der Waals surface area contributed by atoms with Crippen LogP contribution in [0, 0.1) is 19.7 Å². The molecule has 2 atom stereocenters. The van der Waals surface area contributed by atoms with Crippen LogP contribution in [0.4, 0.5) is 4.39 Å². The second-order valence-electron chi connectivity index (χ2n) is 9.20. The number of nitrogens with two attached hydrogens (primary N) is 1. The maximum absolute atomic E-state index is 14.2. The van der Waals surface area contributed by atoms with Crippen molar-refractivity contribution < 1.29 is 19.4 Å². The molecule has 0 fully saturated rings. The maximum atomic E-state index is 14.2. The molecule has 0 bridgehead atoms. The lowest BCUT2D eigenvalue weighted by atomic mass is 9.82. The van der Waals surface area contributed by atoms with Crippen LogP contribution in [0.1, 0.15) is 72.9 Å². The largest absolute Gasteiger partial charge is 0.395 e. The molecule has 2 aromatic rings. The summed E-state index contributed by atoms with van der Waals surface area (Å²) in [5, 5.41) is 20.1. The molecular weight excluding hydrogens is 393 g/mol. The highest BCUT2D eigenvalue weighted by Crippen LogP contribution is 2.33. The molecule has 0 radical (unpaired) electrons. The average molecular weight is 430 g/mol. The molecule has 0 unspecified atom stereocenters. The minimum absolute atomic E-state index is 0.00621. The lowest BCUT2D eigenvalue weighted by Crippen LogP contribution is -2.30. The van der Waals surface area contributed by atoms with E-state index in [4.69, 9.17) is 5.73 Å². The summed E-state index contributed by atoms with van der Waals surface area (Å²) in [5.41, 5.74) is 9.99. The van der Waals surface area contributed by atoms with Crippen molar-refractivity contribution in [3.8, 4) is 0 Å². The number of hydrogen-bond acceptors (Lipinski definition) is 4. The number of carbonyl (C=O) groups excluding carboxylic acids is 1. The first-order valence-electron chi connectivity index (χ1n) is 10.9. The van der Waals surface area contributed by atoms with Gasteiger partial charge in [-0.3, -0.25) is 4.79 Å². The van der Waals surface area contributed by atoms with Gasteiger partial charge in [-0.15, -0.1) is 0 Å². The molecule has 0 aromatic heterocycles. The van der Waals surface area contributed by atoms with E-state index in [9.17, 15) is 19.4 Å². The minimum Gasteiger partial charge on any atom is -0.395 e. The van der Waals surface area contributed by atoms with Gasteiger partial charge in [0.15, 0.2) is 0 Å². The van der Waals surface area contributed by atoms with Crippen LogP contribution in [0.5, 0.6) is 0 Å². The van der Waals surface area contributed by atoms with E-state index in [0.29, 0.717) is 24.8 Å². The fourth-order valence-corrected chi connectivity index (χ4v) is 4.07.